The van der Waals surface area contributed by atoms with E-state index in [0.717, 1.165) is 10.9 Å². The molecule has 21 heavy (non-hydrogen) atoms. The Hall–Kier alpha value is -2.63. The van der Waals surface area contributed by atoms with Gasteiger partial charge in [0, 0.05) is 30.7 Å². The molecule has 0 aliphatic rings. The first-order chi connectivity index (χ1) is 10.1. The summed E-state index contributed by atoms with van der Waals surface area (Å²) in [7, 11) is 1.91. The number of nitrogens with one attached hydrogen (secondary N) is 1. The van der Waals surface area contributed by atoms with E-state index in [9.17, 15) is 4.79 Å². The predicted octanol–water partition coefficient (Wildman–Crippen LogP) is 1.51. The summed E-state index contributed by atoms with van der Waals surface area (Å²) in [5.74, 6) is -0.0773. The number of aromatic nitrogens is 4. The van der Waals surface area contributed by atoms with Crippen molar-refractivity contribution in [1.82, 2.24) is 24.9 Å². The number of carbonyl (C=O) groups is 1. The molecule has 0 bridgehead atoms. The number of aryl methyl sites for hydroxylation is 2. The summed E-state index contributed by atoms with van der Waals surface area (Å²) in [4.78, 5) is 12.3. The predicted molar refractivity (Wildman–Crippen MR) is 80.0 cm³/mol. The molecule has 0 atom stereocenters. The largest absolute Gasteiger partial charge is 0.349 e. The second kappa shape index (κ2) is 5.40. The number of carbonyl (C=O) groups excluding carboxylic acids is 1. The van der Waals surface area contributed by atoms with Crippen LogP contribution < -0.4 is 5.32 Å². The van der Waals surface area contributed by atoms with Gasteiger partial charge in [-0.1, -0.05) is 16.8 Å². The van der Waals surface area contributed by atoms with Crippen LogP contribution >= 0.6 is 0 Å². The van der Waals surface area contributed by atoms with Crippen LogP contribution in [0.2, 0.25) is 0 Å². The van der Waals surface area contributed by atoms with Gasteiger partial charge in [-0.05, 0) is 25.1 Å². The van der Waals surface area contributed by atoms with Crippen LogP contribution in [0.3, 0.4) is 0 Å². The first-order valence-electron chi connectivity index (χ1n) is 6.83. The molecule has 6 heteroatoms. The molecule has 0 unspecified atom stereocenters. The monoisotopic (exact) mass is 283 g/mol. The molecule has 6 nitrogen and oxygen atoms in total. The fraction of sp³-hybridized carbons (Fsp3) is 0.267. The quantitative estimate of drug-likeness (QED) is 0.789. The fourth-order valence-electron chi connectivity index (χ4n) is 2.41. The fourth-order valence-corrected chi connectivity index (χ4v) is 2.41. The molecule has 2 aromatic heterocycles. The lowest BCUT2D eigenvalue weighted by molar-refractivity contribution is 0.0944. The van der Waals surface area contributed by atoms with E-state index in [4.69, 9.17) is 0 Å². The van der Waals surface area contributed by atoms with Crippen LogP contribution in [0.4, 0.5) is 0 Å². The summed E-state index contributed by atoms with van der Waals surface area (Å²) in [5, 5.41) is 11.6. The summed E-state index contributed by atoms with van der Waals surface area (Å²) in [5.41, 5.74) is 2.91. The smallest absolute Gasteiger partial charge is 0.267 e. The van der Waals surface area contributed by atoms with Gasteiger partial charge in [-0.3, -0.25) is 9.48 Å². The van der Waals surface area contributed by atoms with Gasteiger partial charge in [-0.15, -0.1) is 5.10 Å². The molecule has 1 N–H and O–H groups in total. The van der Waals surface area contributed by atoms with Gasteiger partial charge >= 0.3 is 0 Å². The van der Waals surface area contributed by atoms with E-state index >= 15 is 0 Å². The van der Waals surface area contributed by atoms with Crippen molar-refractivity contribution in [2.75, 3.05) is 6.54 Å². The molecule has 1 aromatic carbocycles. The highest BCUT2D eigenvalue weighted by Gasteiger charge is 2.12. The van der Waals surface area contributed by atoms with Gasteiger partial charge in [-0.2, -0.15) is 0 Å². The summed E-state index contributed by atoms with van der Waals surface area (Å²) in [6.45, 7) is 3.17. The van der Waals surface area contributed by atoms with Crippen LogP contribution in [0, 0.1) is 6.92 Å². The lowest BCUT2D eigenvalue weighted by atomic mass is 10.2. The molecule has 2 heterocycles. The highest BCUT2D eigenvalue weighted by Crippen LogP contribution is 2.19. The van der Waals surface area contributed by atoms with Gasteiger partial charge in [0.25, 0.3) is 5.91 Å². The van der Waals surface area contributed by atoms with E-state index in [1.807, 2.05) is 30.7 Å². The molecule has 3 aromatic rings. The average Bonchev–Trinajstić information content (AvgIpc) is 3.07. The van der Waals surface area contributed by atoms with Crippen molar-refractivity contribution in [3.05, 3.63) is 47.9 Å². The summed E-state index contributed by atoms with van der Waals surface area (Å²) in [6.07, 6.45) is 3.39. The van der Waals surface area contributed by atoms with Crippen molar-refractivity contribution in [1.29, 1.82) is 0 Å². The van der Waals surface area contributed by atoms with E-state index in [-0.39, 0.29) is 5.91 Å². The maximum atomic E-state index is 12.3. The Morgan fingerprint density at radius 1 is 1.33 bits per heavy atom. The number of amides is 1. The third-order valence-corrected chi connectivity index (χ3v) is 3.53. The summed E-state index contributed by atoms with van der Waals surface area (Å²) in [6, 6.07) is 8.10. The minimum absolute atomic E-state index is 0.0773. The van der Waals surface area contributed by atoms with Crippen molar-refractivity contribution < 1.29 is 4.79 Å². The zero-order valence-electron chi connectivity index (χ0n) is 12.1. The van der Waals surface area contributed by atoms with E-state index in [1.54, 1.807) is 17.1 Å². The van der Waals surface area contributed by atoms with E-state index in [0.29, 0.717) is 18.8 Å². The van der Waals surface area contributed by atoms with E-state index in [1.165, 1.54) is 5.56 Å². The van der Waals surface area contributed by atoms with E-state index < -0.39 is 0 Å². The van der Waals surface area contributed by atoms with Gasteiger partial charge in [0.2, 0.25) is 0 Å². The lowest BCUT2D eigenvalue weighted by Crippen LogP contribution is -2.28. The van der Waals surface area contributed by atoms with Crippen molar-refractivity contribution in [3.63, 3.8) is 0 Å². The average molecular weight is 283 g/mol. The Balaban J connectivity index is 1.73. The molecule has 0 fully saturated rings. The van der Waals surface area contributed by atoms with Crippen molar-refractivity contribution >= 4 is 16.8 Å². The molecule has 0 aliphatic heterocycles. The zero-order chi connectivity index (χ0) is 14.8. The van der Waals surface area contributed by atoms with Crippen LogP contribution in [-0.2, 0) is 13.6 Å². The second-order valence-electron chi connectivity index (χ2n) is 5.07. The zero-order valence-corrected chi connectivity index (χ0v) is 12.1. The van der Waals surface area contributed by atoms with Crippen molar-refractivity contribution in [3.8, 4) is 0 Å². The highest BCUT2D eigenvalue weighted by molar-refractivity contribution is 5.98. The molecule has 0 spiro atoms. The van der Waals surface area contributed by atoms with E-state index in [2.05, 4.69) is 27.8 Å². The minimum atomic E-state index is -0.0773. The Kier molecular flexibility index (Phi) is 3.43. The summed E-state index contributed by atoms with van der Waals surface area (Å²) < 4.78 is 3.60. The van der Waals surface area contributed by atoms with Crippen LogP contribution in [0.5, 0.6) is 0 Å². The molecule has 0 saturated carbocycles. The second-order valence-corrected chi connectivity index (χ2v) is 5.07. The molecular formula is C15H17N5O. The molecule has 0 radical (unpaired) electrons. The standard InChI is InChI=1S/C15H17N5O/c1-11-3-4-13-12(9-11)10-14(19(13)2)15(21)16-5-7-20-8-6-17-18-20/h3-4,6,8-10H,5,7H2,1-2H3,(H,16,21). The number of rotatable bonds is 4. The Labute approximate surface area is 122 Å². The van der Waals surface area contributed by atoms with Gasteiger partial charge in [0.05, 0.1) is 12.7 Å². The molecular weight excluding hydrogens is 266 g/mol. The number of hydrogen-bond acceptors (Lipinski definition) is 3. The van der Waals surface area contributed by atoms with Gasteiger partial charge < -0.3 is 9.88 Å². The van der Waals surface area contributed by atoms with Crippen LogP contribution in [-0.4, -0.2) is 32.0 Å². The lowest BCUT2D eigenvalue weighted by Gasteiger charge is -2.06. The Morgan fingerprint density at radius 2 is 2.19 bits per heavy atom. The molecule has 108 valence electrons. The number of benzene rings is 1. The van der Waals surface area contributed by atoms with Crippen molar-refractivity contribution in [2.45, 2.75) is 13.5 Å². The SMILES string of the molecule is Cc1ccc2c(c1)cc(C(=O)NCCn1ccnn1)n2C. The van der Waals surface area contributed by atoms with Crippen LogP contribution in [0.25, 0.3) is 10.9 Å². The topological polar surface area (TPSA) is 64.7 Å². The van der Waals surface area contributed by atoms with Crippen molar-refractivity contribution in [2.24, 2.45) is 7.05 Å². The Morgan fingerprint density at radius 3 is 2.95 bits per heavy atom. The van der Waals surface area contributed by atoms with Crippen LogP contribution in [0.1, 0.15) is 16.1 Å². The van der Waals surface area contributed by atoms with Gasteiger partial charge in [0.15, 0.2) is 0 Å². The number of hydrogen-bond donors (Lipinski definition) is 1. The maximum Gasteiger partial charge on any atom is 0.267 e. The number of nitrogens with zero attached hydrogens (tertiary/aromatic N) is 4. The van der Waals surface area contributed by atoms with Crippen LogP contribution in [0.15, 0.2) is 36.7 Å². The number of fused-ring (bicyclic) bond motifs is 1. The molecule has 0 aliphatic carbocycles. The normalized spacial score (nSPS) is 11.0. The molecule has 0 saturated heterocycles. The minimum Gasteiger partial charge on any atom is -0.349 e. The Bertz CT molecular complexity index is 773. The summed E-state index contributed by atoms with van der Waals surface area (Å²) >= 11 is 0. The third-order valence-electron chi connectivity index (χ3n) is 3.53. The molecule has 1 amide bonds. The third kappa shape index (κ3) is 2.65. The molecule has 3 rings (SSSR count). The maximum absolute atomic E-state index is 12.3. The first-order valence-corrected chi connectivity index (χ1v) is 6.83. The highest BCUT2D eigenvalue weighted by atomic mass is 16.1. The van der Waals surface area contributed by atoms with Gasteiger partial charge in [-0.25, -0.2) is 0 Å². The van der Waals surface area contributed by atoms with Gasteiger partial charge in [0.1, 0.15) is 5.69 Å². The first kappa shape index (κ1) is 13.4.